The molecule has 2 aromatic carbocycles. The van der Waals surface area contributed by atoms with Crippen LogP contribution in [-0.2, 0) is 6.61 Å². The lowest BCUT2D eigenvalue weighted by Crippen LogP contribution is -2.09. The van der Waals surface area contributed by atoms with Gasteiger partial charge in [0, 0.05) is 16.3 Å². The summed E-state index contributed by atoms with van der Waals surface area (Å²) in [6, 6.07) is 16.0. The highest BCUT2D eigenvalue weighted by atomic mass is 16.5. The second-order valence-corrected chi connectivity index (χ2v) is 5.23. The van der Waals surface area contributed by atoms with Gasteiger partial charge in [-0.05, 0) is 23.8 Å². The van der Waals surface area contributed by atoms with Crippen molar-refractivity contribution in [3.63, 3.8) is 0 Å². The molecule has 2 aromatic heterocycles. The molecule has 4 aromatic rings. The summed E-state index contributed by atoms with van der Waals surface area (Å²) in [5.41, 5.74) is 5.50. The van der Waals surface area contributed by atoms with E-state index in [0.717, 1.165) is 33.1 Å². The summed E-state index contributed by atoms with van der Waals surface area (Å²) < 4.78 is 5.88. The number of rotatable bonds is 4. The number of aromatic nitrogens is 3. The van der Waals surface area contributed by atoms with Crippen molar-refractivity contribution in [2.75, 3.05) is 5.43 Å². The molecule has 0 amide bonds. The van der Waals surface area contributed by atoms with Crippen molar-refractivity contribution >= 4 is 27.6 Å². The van der Waals surface area contributed by atoms with Crippen molar-refractivity contribution in [2.45, 2.75) is 6.61 Å². The third-order valence-corrected chi connectivity index (χ3v) is 3.78. The third-order valence-electron chi connectivity index (χ3n) is 3.78. The van der Waals surface area contributed by atoms with Crippen molar-refractivity contribution in [3.05, 3.63) is 60.3 Å². The lowest BCUT2D eigenvalue weighted by molar-refractivity contribution is 0.306. The normalized spacial score (nSPS) is 11.0. The van der Waals surface area contributed by atoms with Crippen LogP contribution in [0.15, 0.2) is 54.7 Å². The van der Waals surface area contributed by atoms with E-state index < -0.39 is 0 Å². The molecular formula is C17H15N5O. The maximum absolute atomic E-state index is 5.88. The van der Waals surface area contributed by atoms with Crippen molar-refractivity contribution in [1.82, 2.24) is 15.2 Å². The Bertz CT molecular complexity index is 965. The molecule has 0 saturated heterocycles. The van der Waals surface area contributed by atoms with Crippen molar-refractivity contribution < 1.29 is 4.74 Å². The minimum atomic E-state index is 0.519. The first-order valence-corrected chi connectivity index (χ1v) is 7.25. The van der Waals surface area contributed by atoms with Crippen LogP contribution in [0.4, 0.5) is 5.82 Å². The Kier molecular flexibility index (Phi) is 3.29. The Morgan fingerprint density at radius 3 is 2.78 bits per heavy atom. The maximum atomic E-state index is 5.88. The van der Waals surface area contributed by atoms with Gasteiger partial charge in [0.25, 0.3) is 0 Å². The predicted molar refractivity (Wildman–Crippen MR) is 90.0 cm³/mol. The summed E-state index contributed by atoms with van der Waals surface area (Å²) in [6.07, 6.45) is 1.72. The number of nitrogen functional groups attached to an aromatic ring is 1. The molecule has 0 radical (unpaired) electrons. The smallest absolute Gasteiger partial charge is 0.187 e. The predicted octanol–water partition coefficient (Wildman–Crippen LogP) is 2.98. The van der Waals surface area contributed by atoms with Crippen LogP contribution >= 0.6 is 0 Å². The van der Waals surface area contributed by atoms with E-state index in [4.69, 9.17) is 10.6 Å². The summed E-state index contributed by atoms with van der Waals surface area (Å²) in [5, 5.41) is 9.92. The maximum Gasteiger partial charge on any atom is 0.187 e. The zero-order valence-electron chi connectivity index (χ0n) is 12.3. The molecule has 0 aliphatic carbocycles. The average molecular weight is 305 g/mol. The average Bonchev–Trinajstić information content (AvgIpc) is 2.99. The van der Waals surface area contributed by atoms with E-state index in [9.17, 15) is 0 Å². The topological polar surface area (TPSA) is 88.9 Å². The molecule has 0 saturated carbocycles. The van der Waals surface area contributed by atoms with E-state index in [-0.39, 0.29) is 0 Å². The lowest BCUT2D eigenvalue weighted by Gasteiger charge is -2.06. The van der Waals surface area contributed by atoms with Crippen LogP contribution in [0.2, 0.25) is 0 Å². The van der Waals surface area contributed by atoms with Gasteiger partial charge in [-0.15, -0.1) is 5.10 Å². The fourth-order valence-electron chi connectivity index (χ4n) is 2.64. The number of nitrogens with two attached hydrogens (primary N) is 1. The molecule has 0 fully saturated rings. The van der Waals surface area contributed by atoms with Gasteiger partial charge in [0.2, 0.25) is 0 Å². The number of benzene rings is 2. The molecule has 4 rings (SSSR count). The molecule has 23 heavy (non-hydrogen) atoms. The van der Waals surface area contributed by atoms with E-state index in [2.05, 4.69) is 20.6 Å². The van der Waals surface area contributed by atoms with Crippen molar-refractivity contribution in [2.24, 2.45) is 5.84 Å². The number of H-pyrrole nitrogens is 1. The van der Waals surface area contributed by atoms with Gasteiger partial charge in [-0.25, -0.2) is 5.84 Å². The second-order valence-electron chi connectivity index (χ2n) is 5.23. The quantitative estimate of drug-likeness (QED) is 0.398. The number of anilines is 1. The van der Waals surface area contributed by atoms with Gasteiger partial charge in [0.15, 0.2) is 5.82 Å². The molecule has 114 valence electrons. The van der Waals surface area contributed by atoms with Gasteiger partial charge in [-0.2, -0.15) is 5.10 Å². The van der Waals surface area contributed by atoms with E-state index in [1.165, 1.54) is 0 Å². The van der Waals surface area contributed by atoms with Gasteiger partial charge < -0.3 is 15.1 Å². The Hall–Kier alpha value is -3.12. The number of hydrogen-bond acceptors (Lipinski definition) is 5. The van der Waals surface area contributed by atoms with E-state index in [1.54, 1.807) is 6.20 Å². The van der Waals surface area contributed by atoms with Crippen LogP contribution in [0.5, 0.6) is 5.75 Å². The molecule has 6 nitrogen and oxygen atoms in total. The summed E-state index contributed by atoms with van der Waals surface area (Å²) in [5.74, 6) is 6.81. The number of hydrazine groups is 1. The van der Waals surface area contributed by atoms with Gasteiger partial charge in [0.05, 0.1) is 11.7 Å². The minimum Gasteiger partial charge on any atom is -0.489 e. The zero-order chi connectivity index (χ0) is 15.6. The van der Waals surface area contributed by atoms with Crippen molar-refractivity contribution in [3.8, 4) is 5.75 Å². The molecule has 0 spiro atoms. The fourth-order valence-corrected chi connectivity index (χ4v) is 2.64. The Morgan fingerprint density at radius 1 is 1.09 bits per heavy atom. The molecular weight excluding hydrogens is 290 g/mol. The van der Waals surface area contributed by atoms with Crippen LogP contribution < -0.4 is 16.0 Å². The molecule has 0 aliphatic heterocycles. The molecule has 4 N–H and O–H groups in total. The number of fused-ring (bicyclic) bond motifs is 3. The second kappa shape index (κ2) is 5.58. The highest BCUT2D eigenvalue weighted by Gasteiger charge is 2.10. The molecule has 6 heteroatoms. The molecule has 0 unspecified atom stereocenters. The number of aromatic amines is 1. The first kappa shape index (κ1) is 13.5. The number of nitrogens with zero attached hydrogens (tertiary/aromatic N) is 2. The largest absolute Gasteiger partial charge is 0.489 e. The number of nitrogens with one attached hydrogen (secondary N) is 2. The Morgan fingerprint density at radius 2 is 1.96 bits per heavy atom. The SMILES string of the molecule is NNc1nncc2c1[nH]c1ccc(OCc3ccccc3)cc12. The van der Waals surface area contributed by atoms with Gasteiger partial charge in [-0.1, -0.05) is 30.3 Å². The summed E-state index contributed by atoms with van der Waals surface area (Å²) in [4.78, 5) is 3.30. The van der Waals surface area contributed by atoms with Crippen LogP contribution in [-0.4, -0.2) is 15.2 Å². The minimum absolute atomic E-state index is 0.519. The van der Waals surface area contributed by atoms with Gasteiger partial charge in [-0.3, -0.25) is 0 Å². The van der Waals surface area contributed by atoms with E-state index >= 15 is 0 Å². The van der Waals surface area contributed by atoms with E-state index in [1.807, 2.05) is 48.5 Å². The molecule has 0 aliphatic rings. The zero-order valence-corrected chi connectivity index (χ0v) is 12.3. The highest BCUT2D eigenvalue weighted by Crippen LogP contribution is 2.30. The summed E-state index contributed by atoms with van der Waals surface area (Å²) in [6.45, 7) is 0.532. The Balaban J connectivity index is 1.71. The van der Waals surface area contributed by atoms with Gasteiger partial charge >= 0.3 is 0 Å². The summed E-state index contributed by atoms with van der Waals surface area (Å²) >= 11 is 0. The fraction of sp³-hybridized carbons (Fsp3) is 0.0588. The Labute approximate surface area is 132 Å². The van der Waals surface area contributed by atoms with Crippen LogP contribution in [0.25, 0.3) is 21.8 Å². The first-order chi connectivity index (χ1) is 11.3. The lowest BCUT2D eigenvalue weighted by atomic mass is 10.2. The molecule has 0 bridgehead atoms. The monoisotopic (exact) mass is 305 g/mol. The van der Waals surface area contributed by atoms with Gasteiger partial charge in [0.1, 0.15) is 12.4 Å². The third kappa shape index (κ3) is 2.45. The number of hydrogen-bond donors (Lipinski definition) is 3. The highest BCUT2D eigenvalue weighted by molar-refractivity contribution is 6.10. The number of ether oxygens (including phenoxy) is 1. The molecule has 0 atom stereocenters. The first-order valence-electron chi connectivity index (χ1n) is 7.25. The molecule has 2 heterocycles. The van der Waals surface area contributed by atoms with Crippen LogP contribution in [0.1, 0.15) is 5.56 Å². The van der Waals surface area contributed by atoms with Crippen LogP contribution in [0, 0.1) is 0 Å². The van der Waals surface area contributed by atoms with Crippen molar-refractivity contribution in [1.29, 1.82) is 0 Å². The standard InChI is InChI=1S/C17H15N5O/c18-21-17-16-14(9-19-22-17)13-8-12(6-7-15(13)20-16)23-10-11-4-2-1-3-5-11/h1-9,20H,10,18H2,(H,21,22). The summed E-state index contributed by atoms with van der Waals surface area (Å²) in [7, 11) is 0. The van der Waals surface area contributed by atoms with Crippen LogP contribution in [0.3, 0.4) is 0 Å². The van der Waals surface area contributed by atoms with E-state index in [0.29, 0.717) is 12.4 Å².